The Balaban J connectivity index is 1.48. The predicted octanol–water partition coefficient (Wildman–Crippen LogP) is 3.72. The molecule has 5 heteroatoms. The number of likely N-dealkylation sites (tertiary alicyclic amines) is 2. The number of rotatable bonds is 6. The zero-order chi connectivity index (χ0) is 22.6. The maximum Gasteiger partial charge on any atom is 0.224 e. The van der Waals surface area contributed by atoms with Crippen molar-refractivity contribution in [3.05, 3.63) is 71.3 Å². The summed E-state index contributed by atoms with van der Waals surface area (Å²) in [5.74, 6) is 0.291. The highest BCUT2D eigenvalue weighted by Gasteiger charge is 2.40. The van der Waals surface area contributed by atoms with Crippen molar-refractivity contribution in [1.82, 2.24) is 9.80 Å². The van der Waals surface area contributed by atoms with Gasteiger partial charge in [-0.25, -0.2) is 0 Å². The molecule has 0 radical (unpaired) electrons. The van der Waals surface area contributed by atoms with E-state index in [1.165, 1.54) is 16.7 Å². The summed E-state index contributed by atoms with van der Waals surface area (Å²) in [5, 5.41) is 0. The van der Waals surface area contributed by atoms with Crippen LogP contribution in [0, 0.1) is 5.41 Å². The standard InChI is InChI=1S/C27H35N3O2/c1-21(31)30-15-7-11-24(20-30)25-12-6-5-10-23(25)18-27(26(28)32)13-16-29(17-14-27)19-22-8-3-2-4-9-22/h2-6,8-10,12,24H,7,11,13-20H2,1H3,(H2,28,32). The fraction of sp³-hybridized carbons (Fsp3) is 0.481. The fourth-order valence-electron chi connectivity index (χ4n) is 5.47. The maximum atomic E-state index is 12.7. The minimum atomic E-state index is -0.502. The van der Waals surface area contributed by atoms with E-state index in [0.717, 1.165) is 58.4 Å². The summed E-state index contributed by atoms with van der Waals surface area (Å²) in [7, 11) is 0. The lowest BCUT2D eigenvalue weighted by Gasteiger charge is -2.41. The van der Waals surface area contributed by atoms with Crippen LogP contribution in [0.5, 0.6) is 0 Å². The highest BCUT2D eigenvalue weighted by atomic mass is 16.2. The zero-order valence-electron chi connectivity index (χ0n) is 19.1. The SMILES string of the molecule is CC(=O)N1CCCC(c2ccccc2CC2(C(N)=O)CCN(Cc3ccccc3)CC2)C1. The van der Waals surface area contributed by atoms with Crippen LogP contribution < -0.4 is 5.73 Å². The van der Waals surface area contributed by atoms with E-state index in [-0.39, 0.29) is 11.8 Å². The second kappa shape index (κ2) is 9.86. The molecule has 2 heterocycles. The Morgan fingerprint density at radius 1 is 1.00 bits per heavy atom. The summed E-state index contributed by atoms with van der Waals surface area (Å²) < 4.78 is 0. The first-order valence-electron chi connectivity index (χ1n) is 11.9. The van der Waals surface area contributed by atoms with Crippen molar-refractivity contribution in [2.75, 3.05) is 26.2 Å². The molecule has 0 saturated carbocycles. The predicted molar refractivity (Wildman–Crippen MR) is 127 cm³/mol. The van der Waals surface area contributed by atoms with Gasteiger partial charge in [0.2, 0.25) is 11.8 Å². The van der Waals surface area contributed by atoms with Gasteiger partial charge in [0.1, 0.15) is 0 Å². The van der Waals surface area contributed by atoms with Gasteiger partial charge >= 0.3 is 0 Å². The number of carbonyl (C=O) groups is 2. The monoisotopic (exact) mass is 433 g/mol. The van der Waals surface area contributed by atoms with Gasteiger partial charge in [-0.05, 0) is 61.9 Å². The average Bonchev–Trinajstić information content (AvgIpc) is 2.81. The van der Waals surface area contributed by atoms with E-state index in [1.807, 2.05) is 11.0 Å². The molecule has 0 aliphatic carbocycles. The highest BCUT2D eigenvalue weighted by Crippen LogP contribution is 2.38. The summed E-state index contributed by atoms with van der Waals surface area (Å²) in [4.78, 5) is 29.0. The third-order valence-electron chi connectivity index (χ3n) is 7.48. The van der Waals surface area contributed by atoms with Gasteiger partial charge in [-0.15, -0.1) is 0 Å². The number of nitrogens with zero attached hydrogens (tertiary/aromatic N) is 2. The van der Waals surface area contributed by atoms with E-state index < -0.39 is 5.41 Å². The van der Waals surface area contributed by atoms with E-state index in [4.69, 9.17) is 5.73 Å². The number of primary amides is 1. The molecule has 1 unspecified atom stereocenters. The maximum absolute atomic E-state index is 12.7. The van der Waals surface area contributed by atoms with Crippen LogP contribution in [0.1, 0.15) is 55.2 Å². The topological polar surface area (TPSA) is 66.6 Å². The molecule has 2 aromatic rings. The molecular weight excluding hydrogens is 398 g/mol. The molecule has 2 aromatic carbocycles. The van der Waals surface area contributed by atoms with Crippen LogP contribution in [0.25, 0.3) is 0 Å². The lowest BCUT2D eigenvalue weighted by molar-refractivity contribution is -0.130. The zero-order valence-corrected chi connectivity index (χ0v) is 19.1. The van der Waals surface area contributed by atoms with E-state index in [2.05, 4.69) is 53.4 Å². The number of benzene rings is 2. The van der Waals surface area contributed by atoms with Crippen molar-refractivity contribution in [2.24, 2.45) is 11.1 Å². The highest BCUT2D eigenvalue weighted by molar-refractivity contribution is 5.81. The fourth-order valence-corrected chi connectivity index (χ4v) is 5.47. The molecule has 5 nitrogen and oxygen atoms in total. The minimum Gasteiger partial charge on any atom is -0.369 e. The summed E-state index contributed by atoms with van der Waals surface area (Å²) in [5.41, 5.74) is 9.33. The first-order valence-corrected chi connectivity index (χ1v) is 11.9. The van der Waals surface area contributed by atoms with Gasteiger partial charge in [0.25, 0.3) is 0 Å². The van der Waals surface area contributed by atoms with Crippen LogP contribution >= 0.6 is 0 Å². The van der Waals surface area contributed by atoms with E-state index in [9.17, 15) is 9.59 Å². The second-order valence-corrected chi connectivity index (χ2v) is 9.59. The van der Waals surface area contributed by atoms with Crippen LogP contribution in [-0.2, 0) is 22.6 Å². The lowest BCUT2D eigenvalue weighted by Crippen LogP contribution is -2.48. The summed E-state index contributed by atoms with van der Waals surface area (Å²) in [6.45, 7) is 5.93. The molecular formula is C27H35N3O2. The summed E-state index contributed by atoms with van der Waals surface area (Å²) >= 11 is 0. The van der Waals surface area contributed by atoms with Gasteiger partial charge in [-0.1, -0.05) is 54.6 Å². The van der Waals surface area contributed by atoms with Gasteiger partial charge in [0, 0.05) is 32.5 Å². The first kappa shape index (κ1) is 22.5. The lowest BCUT2D eigenvalue weighted by atomic mass is 9.71. The van der Waals surface area contributed by atoms with E-state index in [0.29, 0.717) is 12.3 Å². The minimum absolute atomic E-state index is 0.145. The Hall–Kier alpha value is -2.66. The molecule has 32 heavy (non-hydrogen) atoms. The Morgan fingerprint density at radius 3 is 2.38 bits per heavy atom. The van der Waals surface area contributed by atoms with Crippen molar-refractivity contribution in [1.29, 1.82) is 0 Å². The van der Waals surface area contributed by atoms with E-state index in [1.54, 1.807) is 6.92 Å². The van der Waals surface area contributed by atoms with Crippen molar-refractivity contribution in [3.8, 4) is 0 Å². The quantitative estimate of drug-likeness (QED) is 0.755. The Labute approximate surface area is 191 Å². The Kier molecular flexibility index (Phi) is 6.95. The van der Waals surface area contributed by atoms with Crippen molar-refractivity contribution in [2.45, 2.75) is 51.5 Å². The number of amides is 2. The second-order valence-electron chi connectivity index (χ2n) is 9.59. The number of piperidine rings is 2. The van der Waals surface area contributed by atoms with E-state index >= 15 is 0 Å². The summed E-state index contributed by atoms with van der Waals surface area (Å²) in [6.07, 6.45) is 4.36. The summed E-state index contributed by atoms with van der Waals surface area (Å²) in [6, 6.07) is 19.0. The largest absolute Gasteiger partial charge is 0.369 e. The molecule has 0 bridgehead atoms. The molecule has 2 aliphatic heterocycles. The number of carbonyl (C=O) groups excluding carboxylic acids is 2. The van der Waals surface area contributed by atoms with Gasteiger partial charge in [0.05, 0.1) is 5.41 Å². The molecule has 4 rings (SSSR count). The smallest absolute Gasteiger partial charge is 0.224 e. The molecule has 0 aromatic heterocycles. The molecule has 2 N–H and O–H groups in total. The molecule has 0 spiro atoms. The van der Waals surface area contributed by atoms with Crippen LogP contribution in [-0.4, -0.2) is 47.8 Å². The van der Waals surface area contributed by atoms with Crippen LogP contribution in [0.3, 0.4) is 0 Å². The number of nitrogens with two attached hydrogens (primary N) is 1. The normalized spacial score (nSPS) is 21.3. The van der Waals surface area contributed by atoms with Gasteiger partial charge < -0.3 is 10.6 Å². The number of hydrogen-bond donors (Lipinski definition) is 1. The Bertz CT molecular complexity index is 935. The average molecular weight is 434 g/mol. The third kappa shape index (κ3) is 5.04. The van der Waals surface area contributed by atoms with Crippen LogP contribution in [0.2, 0.25) is 0 Å². The Morgan fingerprint density at radius 2 is 1.69 bits per heavy atom. The van der Waals surface area contributed by atoms with Crippen LogP contribution in [0.4, 0.5) is 0 Å². The molecule has 2 amide bonds. The van der Waals surface area contributed by atoms with Crippen molar-refractivity contribution < 1.29 is 9.59 Å². The molecule has 170 valence electrons. The molecule has 2 fully saturated rings. The van der Waals surface area contributed by atoms with Crippen LogP contribution in [0.15, 0.2) is 54.6 Å². The van der Waals surface area contributed by atoms with Gasteiger partial charge in [0.15, 0.2) is 0 Å². The molecule has 2 saturated heterocycles. The van der Waals surface area contributed by atoms with Gasteiger partial charge in [-0.2, -0.15) is 0 Å². The third-order valence-corrected chi connectivity index (χ3v) is 7.48. The number of hydrogen-bond acceptors (Lipinski definition) is 3. The van der Waals surface area contributed by atoms with Crippen molar-refractivity contribution in [3.63, 3.8) is 0 Å². The van der Waals surface area contributed by atoms with Gasteiger partial charge in [-0.3, -0.25) is 14.5 Å². The first-order chi connectivity index (χ1) is 15.5. The molecule has 2 aliphatic rings. The van der Waals surface area contributed by atoms with Crippen molar-refractivity contribution >= 4 is 11.8 Å². The molecule has 1 atom stereocenters.